The Morgan fingerprint density at radius 1 is 1.06 bits per heavy atom. The Labute approximate surface area is 200 Å². The van der Waals surface area contributed by atoms with Gasteiger partial charge < -0.3 is 8.92 Å². The summed E-state index contributed by atoms with van der Waals surface area (Å²) >= 11 is 0. The number of hydrazone groups is 1. The Kier molecular flexibility index (Phi) is 7.80. The number of ether oxygens (including phenoxy) is 1. The number of aryl methyl sites for hydroxylation is 1. The number of amides is 1. The van der Waals surface area contributed by atoms with Crippen molar-refractivity contribution in [2.24, 2.45) is 5.10 Å². The molecular formula is C24H21F3N2O5S. The fourth-order valence-electron chi connectivity index (χ4n) is 2.98. The van der Waals surface area contributed by atoms with Gasteiger partial charge in [-0.1, -0.05) is 18.2 Å². The van der Waals surface area contributed by atoms with Crippen LogP contribution in [0, 0.1) is 6.92 Å². The van der Waals surface area contributed by atoms with Crippen LogP contribution in [0.3, 0.4) is 0 Å². The first kappa shape index (κ1) is 25.8. The van der Waals surface area contributed by atoms with Crippen LogP contribution in [0.4, 0.5) is 13.2 Å². The van der Waals surface area contributed by atoms with Crippen LogP contribution in [0.25, 0.3) is 0 Å². The second-order valence-corrected chi connectivity index (χ2v) is 8.97. The normalized spacial score (nSPS) is 11.9. The third-order valence-electron chi connectivity index (χ3n) is 4.73. The molecule has 184 valence electrons. The molecule has 0 aromatic heterocycles. The summed E-state index contributed by atoms with van der Waals surface area (Å²) in [6, 6.07) is 14.6. The third kappa shape index (κ3) is 7.06. The van der Waals surface area contributed by atoms with E-state index in [2.05, 4.69) is 10.5 Å². The van der Waals surface area contributed by atoms with Crippen molar-refractivity contribution < 1.29 is 35.3 Å². The van der Waals surface area contributed by atoms with Gasteiger partial charge in [-0.2, -0.15) is 26.7 Å². The number of hydrogen-bond donors (Lipinski definition) is 1. The lowest BCUT2D eigenvalue weighted by molar-refractivity contribution is -0.137. The highest BCUT2D eigenvalue weighted by Gasteiger charge is 2.31. The quantitative estimate of drug-likeness (QED) is 0.276. The SMILES string of the molecule is COc1cccc(CC(=O)N/N=C/c2ccc(C)cc2OS(=O)(=O)c2ccc(C(F)(F)F)cc2)c1. The molecule has 0 unspecified atom stereocenters. The molecule has 1 N–H and O–H groups in total. The van der Waals surface area contributed by atoms with E-state index in [1.165, 1.54) is 25.5 Å². The second-order valence-electron chi connectivity index (χ2n) is 7.42. The average molecular weight is 507 g/mol. The third-order valence-corrected chi connectivity index (χ3v) is 5.98. The van der Waals surface area contributed by atoms with Crippen LogP contribution in [-0.4, -0.2) is 27.6 Å². The first-order chi connectivity index (χ1) is 16.5. The summed E-state index contributed by atoms with van der Waals surface area (Å²) in [6.07, 6.45) is -3.35. The van der Waals surface area contributed by atoms with Gasteiger partial charge >= 0.3 is 16.3 Å². The first-order valence-corrected chi connectivity index (χ1v) is 11.6. The van der Waals surface area contributed by atoms with Gasteiger partial charge in [-0.25, -0.2) is 5.43 Å². The molecule has 0 aliphatic rings. The molecule has 0 fully saturated rings. The zero-order valence-corrected chi connectivity index (χ0v) is 19.5. The standard InChI is InChI=1S/C24H21F3N2O5S/c1-16-6-7-18(15-28-29-23(30)14-17-4-3-5-20(13-17)33-2)22(12-16)34-35(31,32)21-10-8-19(9-11-21)24(25,26)27/h3-13,15H,14H2,1-2H3,(H,29,30)/b28-15+. The molecule has 0 spiro atoms. The number of halogens is 3. The largest absolute Gasteiger partial charge is 0.497 e. The zero-order chi connectivity index (χ0) is 25.6. The van der Waals surface area contributed by atoms with E-state index in [1.54, 1.807) is 37.3 Å². The maximum atomic E-state index is 12.8. The number of carbonyl (C=O) groups excluding carboxylic acids is 1. The van der Waals surface area contributed by atoms with Gasteiger partial charge in [0.15, 0.2) is 5.75 Å². The van der Waals surface area contributed by atoms with E-state index in [0.29, 0.717) is 29.0 Å². The molecule has 0 atom stereocenters. The predicted octanol–water partition coefficient (Wildman–Crippen LogP) is 4.48. The van der Waals surface area contributed by atoms with E-state index in [4.69, 9.17) is 8.92 Å². The fraction of sp³-hybridized carbons (Fsp3) is 0.167. The predicted molar refractivity (Wildman–Crippen MR) is 123 cm³/mol. The van der Waals surface area contributed by atoms with Gasteiger partial charge in [-0.3, -0.25) is 4.79 Å². The van der Waals surface area contributed by atoms with Gasteiger partial charge in [0.05, 0.1) is 25.3 Å². The molecule has 3 aromatic carbocycles. The van der Waals surface area contributed by atoms with Crippen molar-refractivity contribution in [3.8, 4) is 11.5 Å². The smallest absolute Gasteiger partial charge is 0.416 e. The van der Waals surface area contributed by atoms with Crippen LogP contribution >= 0.6 is 0 Å². The van der Waals surface area contributed by atoms with Crippen LogP contribution in [-0.2, 0) is 27.5 Å². The van der Waals surface area contributed by atoms with E-state index in [9.17, 15) is 26.4 Å². The van der Waals surface area contributed by atoms with Gasteiger partial charge in [0, 0.05) is 5.56 Å². The molecule has 0 heterocycles. The lowest BCUT2D eigenvalue weighted by Gasteiger charge is -2.11. The minimum Gasteiger partial charge on any atom is -0.497 e. The van der Waals surface area contributed by atoms with Gasteiger partial charge in [0.2, 0.25) is 5.91 Å². The minimum atomic E-state index is -4.60. The molecule has 0 saturated carbocycles. The van der Waals surface area contributed by atoms with E-state index in [0.717, 1.165) is 12.1 Å². The van der Waals surface area contributed by atoms with Crippen molar-refractivity contribution in [1.82, 2.24) is 5.43 Å². The van der Waals surface area contributed by atoms with E-state index < -0.39 is 32.7 Å². The van der Waals surface area contributed by atoms with Gasteiger partial charge in [0.1, 0.15) is 10.6 Å². The number of nitrogens with zero attached hydrogens (tertiary/aromatic N) is 1. The van der Waals surface area contributed by atoms with E-state index >= 15 is 0 Å². The number of nitrogens with one attached hydrogen (secondary N) is 1. The Balaban J connectivity index is 1.73. The minimum absolute atomic E-state index is 0.0358. The van der Waals surface area contributed by atoms with Crippen LogP contribution in [0.5, 0.6) is 11.5 Å². The molecule has 0 aliphatic carbocycles. The lowest BCUT2D eigenvalue weighted by Crippen LogP contribution is -2.20. The topological polar surface area (TPSA) is 94.1 Å². The molecule has 0 radical (unpaired) electrons. The molecule has 35 heavy (non-hydrogen) atoms. The highest BCUT2D eigenvalue weighted by Crippen LogP contribution is 2.30. The van der Waals surface area contributed by atoms with Crippen LogP contribution in [0.15, 0.2) is 76.7 Å². The highest BCUT2D eigenvalue weighted by atomic mass is 32.2. The number of methoxy groups -OCH3 is 1. The number of hydrogen-bond acceptors (Lipinski definition) is 6. The Bertz CT molecular complexity index is 1340. The maximum absolute atomic E-state index is 12.8. The van der Waals surface area contributed by atoms with Crippen molar-refractivity contribution >= 4 is 22.2 Å². The number of benzene rings is 3. The molecule has 1 amide bonds. The summed E-state index contributed by atoms with van der Waals surface area (Å²) in [5, 5.41) is 3.86. The number of rotatable bonds is 8. The molecule has 7 nitrogen and oxygen atoms in total. The fourth-order valence-corrected chi connectivity index (χ4v) is 3.92. The molecular weight excluding hydrogens is 485 g/mol. The van der Waals surface area contributed by atoms with Gasteiger partial charge in [-0.05, 0) is 66.6 Å². The highest BCUT2D eigenvalue weighted by molar-refractivity contribution is 7.87. The first-order valence-electron chi connectivity index (χ1n) is 10.2. The zero-order valence-electron chi connectivity index (χ0n) is 18.7. The molecule has 3 aromatic rings. The number of carbonyl (C=O) groups is 1. The summed E-state index contributed by atoms with van der Waals surface area (Å²) in [6.45, 7) is 1.70. The summed E-state index contributed by atoms with van der Waals surface area (Å²) in [5.74, 6) is 0.0895. The van der Waals surface area contributed by atoms with E-state index in [1.807, 2.05) is 0 Å². The second kappa shape index (κ2) is 10.6. The summed E-state index contributed by atoms with van der Waals surface area (Å²) < 4.78 is 73.8. The molecule has 0 aliphatic heterocycles. The Morgan fingerprint density at radius 2 is 1.77 bits per heavy atom. The van der Waals surface area contributed by atoms with Gasteiger partial charge in [-0.15, -0.1) is 0 Å². The Hall–Kier alpha value is -3.86. The summed E-state index contributed by atoms with van der Waals surface area (Å²) in [7, 11) is -2.92. The Morgan fingerprint density at radius 3 is 2.43 bits per heavy atom. The maximum Gasteiger partial charge on any atom is 0.416 e. The van der Waals surface area contributed by atoms with Crippen LogP contribution in [0.1, 0.15) is 22.3 Å². The monoisotopic (exact) mass is 506 g/mol. The average Bonchev–Trinajstić information content (AvgIpc) is 2.80. The van der Waals surface area contributed by atoms with Crippen LogP contribution < -0.4 is 14.3 Å². The van der Waals surface area contributed by atoms with E-state index in [-0.39, 0.29) is 17.7 Å². The van der Waals surface area contributed by atoms with Crippen molar-refractivity contribution in [3.05, 3.63) is 89.0 Å². The van der Waals surface area contributed by atoms with Crippen LogP contribution in [0.2, 0.25) is 0 Å². The van der Waals surface area contributed by atoms with Crippen molar-refractivity contribution in [1.29, 1.82) is 0 Å². The summed E-state index contributed by atoms with van der Waals surface area (Å²) in [4.78, 5) is 11.7. The molecule has 0 bridgehead atoms. The molecule has 11 heteroatoms. The van der Waals surface area contributed by atoms with Crippen molar-refractivity contribution in [2.45, 2.75) is 24.4 Å². The van der Waals surface area contributed by atoms with Crippen molar-refractivity contribution in [3.63, 3.8) is 0 Å². The van der Waals surface area contributed by atoms with Gasteiger partial charge in [0.25, 0.3) is 0 Å². The molecule has 3 rings (SSSR count). The van der Waals surface area contributed by atoms with Crippen molar-refractivity contribution in [2.75, 3.05) is 7.11 Å². The lowest BCUT2D eigenvalue weighted by atomic mass is 10.1. The molecule has 0 saturated heterocycles. The number of alkyl halides is 3. The summed E-state index contributed by atoms with van der Waals surface area (Å²) in [5.41, 5.74) is 2.98.